The van der Waals surface area contributed by atoms with Crippen LogP contribution in [0.25, 0.3) is 10.9 Å². The van der Waals surface area contributed by atoms with Crippen molar-refractivity contribution >= 4 is 16.6 Å². The van der Waals surface area contributed by atoms with Crippen molar-refractivity contribution in [2.45, 2.75) is 65.5 Å². The number of aryl methyl sites for hydroxylation is 3. The predicted octanol–water partition coefficient (Wildman–Crippen LogP) is 4.77. The molecule has 8 heteroatoms. The van der Waals surface area contributed by atoms with Crippen LogP contribution in [0.5, 0.6) is 0 Å². The molecule has 1 aliphatic carbocycles. The van der Waals surface area contributed by atoms with Gasteiger partial charge in [-0.25, -0.2) is 4.68 Å². The summed E-state index contributed by atoms with van der Waals surface area (Å²) < 4.78 is 2.01. The van der Waals surface area contributed by atoms with Gasteiger partial charge in [0.25, 0.3) is 5.56 Å². The first-order valence-electron chi connectivity index (χ1n) is 13.9. The molecule has 0 radical (unpaired) electrons. The second-order valence-corrected chi connectivity index (χ2v) is 11.2. The van der Waals surface area contributed by atoms with E-state index in [-0.39, 0.29) is 11.6 Å². The van der Waals surface area contributed by atoms with E-state index in [4.69, 9.17) is 0 Å². The van der Waals surface area contributed by atoms with Gasteiger partial charge >= 0.3 is 0 Å². The van der Waals surface area contributed by atoms with Crippen molar-refractivity contribution in [2.24, 2.45) is 0 Å². The maximum atomic E-state index is 13.7. The average Bonchev–Trinajstić information content (AvgIpc) is 3.59. The summed E-state index contributed by atoms with van der Waals surface area (Å²) >= 11 is 0. The van der Waals surface area contributed by atoms with Crippen LogP contribution in [0.4, 0.5) is 5.69 Å². The van der Waals surface area contributed by atoms with Gasteiger partial charge in [0.1, 0.15) is 6.04 Å². The molecule has 2 aliphatic rings. The molecule has 0 unspecified atom stereocenters. The molecule has 4 aromatic rings. The smallest absolute Gasteiger partial charge is 0.253 e. The van der Waals surface area contributed by atoms with Crippen LogP contribution < -0.4 is 10.5 Å². The van der Waals surface area contributed by atoms with Gasteiger partial charge in [-0.05, 0) is 91.4 Å². The molecule has 8 nitrogen and oxygen atoms in total. The number of hydrogen-bond donors (Lipinski definition) is 1. The third-order valence-corrected chi connectivity index (χ3v) is 8.67. The average molecular weight is 512 g/mol. The molecule has 0 bridgehead atoms. The van der Waals surface area contributed by atoms with E-state index in [1.165, 1.54) is 29.7 Å². The standard InChI is InChI=1S/C30H37N7O/c1-19-16-21(3)24-18-25(30(38)31-26(24)17-19)28(29-32-33-34-37(29)23-9-5-6-10-23)36-14-12-35(13-15-36)27-11-7-8-20(2)22(27)4/h7-8,11,16-18,23,28H,5-6,9-10,12-15H2,1-4H3,(H,31,38)/t28-/m0/s1. The highest BCUT2D eigenvalue weighted by molar-refractivity contribution is 5.83. The first kappa shape index (κ1) is 24.8. The first-order chi connectivity index (χ1) is 18.4. The molecule has 3 heterocycles. The predicted molar refractivity (Wildman–Crippen MR) is 151 cm³/mol. The van der Waals surface area contributed by atoms with E-state index >= 15 is 0 Å². The lowest BCUT2D eigenvalue weighted by Gasteiger charge is -2.40. The first-order valence-corrected chi connectivity index (χ1v) is 13.9. The van der Waals surface area contributed by atoms with Crippen molar-refractivity contribution in [1.82, 2.24) is 30.1 Å². The molecule has 198 valence electrons. The number of tetrazole rings is 1. The van der Waals surface area contributed by atoms with Crippen molar-refractivity contribution in [1.29, 1.82) is 0 Å². The summed E-state index contributed by atoms with van der Waals surface area (Å²) in [4.78, 5) is 21.7. The minimum absolute atomic E-state index is 0.0644. The minimum Gasteiger partial charge on any atom is -0.369 e. The Morgan fingerprint density at radius 3 is 2.47 bits per heavy atom. The fraction of sp³-hybridized carbons (Fsp3) is 0.467. The summed E-state index contributed by atoms with van der Waals surface area (Å²) in [7, 11) is 0. The Morgan fingerprint density at radius 2 is 1.71 bits per heavy atom. The van der Waals surface area contributed by atoms with Gasteiger partial charge in [0.05, 0.1) is 6.04 Å². The van der Waals surface area contributed by atoms with Crippen LogP contribution in [0.1, 0.15) is 71.4 Å². The van der Waals surface area contributed by atoms with Crippen LogP contribution in [-0.2, 0) is 0 Å². The third kappa shape index (κ3) is 4.41. The SMILES string of the molecule is Cc1cc(C)c2cc([C@@H](c3nnnn3C3CCCC3)N3CCN(c4cccc(C)c4C)CC3)c(=O)[nH]c2c1. The van der Waals surface area contributed by atoms with Crippen LogP contribution in [0.2, 0.25) is 0 Å². The fourth-order valence-electron chi connectivity index (χ4n) is 6.48. The molecule has 1 saturated heterocycles. The van der Waals surface area contributed by atoms with Crippen LogP contribution >= 0.6 is 0 Å². The number of H-pyrrole nitrogens is 1. The molecular formula is C30H37N7O. The number of rotatable bonds is 5. The number of aromatic nitrogens is 5. The van der Waals surface area contributed by atoms with E-state index < -0.39 is 0 Å². The Balaban J connectivity index is 1.41. The number of piperazine rings is 1. The van der Waals surface area contributed by atoms with Crippen molar-refractivity contribution in [3.63, 3.8) is 0 Å². The Morgan fingerprint density at radius 1 is 0.947 bits per heavy atom. The highest BCUT2D eigenvalue weighted by Crippen LogP contribution is 2.35. The molecule has 0 spiro atoms. The number of nitrogens with zero attached hydrogens (tertiary/aromatic N) is 6. The zero-order valence-corrected chi connectivity index (χ0v) is 22.9. The zero-order valence-electron chi connectivity index (χ0n) is 22.9. The second kappa shape index (κ2) is 9.98. The maximum Gasteiger partial charge on any atom is 0.253 e. The van der Waals surface area contributed by atoms with Gasteiger partial charge in [-0.3, -0.25) is 9.69 Å². The van der Waals surface area contributed by atoms with Crippen LogP contribution in [0.15, 0.2) is 41.2 Å². The van der Waals surface area contributed by atoms with Crippen molar-refractivity contribution < 1.29 is 0 Å². The maximum absolute atomic E-state index is 13.7. The summed E-state index contributed by atoms with van der Waals surface area (Å²) in [5.41, 5.74) is 7.78. The Bertz CT molecular complexity index is 1520. The lowest BCUT2D eigenvalue weighted by atomic mass is 9.99. The highest BCUT2D eigenvalue weighted by atomic mass is 16.1. The number of anilines is 1. The van der Waals surface area contributed by atoms with Gasteiger partial charge in [0.2, 0.25) is 0 Å². The Hall–Kier alpha value is -3.52. The van der Waals surface area contributed by atoms with Gasteiger partial charge in [0.15, 0.2) is 5.82 Å². The molecule has 1 atom stereocenters. The van der Waals surface area contributed by atoms with Crippen LogP contribution in [-0.4, -0.2) is 56.3 Å². The normalized spacial score (nSPS) is 17.9. The monoisotopic (exact) mass is 511 g/mol. The largest absolute Gasteiger partial charge is 0.369 e. The van der Waals surface area contributed by atoms with E-state index in [0.717, 1.165) is 72.4 Å². The van der Waals surface area contributed by atoms with Crippen molar-refractivity contribution in [2.75, 3.05) is 31.1 Å². The molecule has 6 rings (SSSR count). The third-order valence-electron chi connectivity index (χ3n) is 8.67. The number of nitrogens with one attached hydrogen (secondary N) is 1. The lowest BCUT2D eigenvalue weighted by molar-refractivity contribution is 0.196. The van der Waals surface area contributed by atoms with Gasteiger partial charge in [-0.1, -0.05) is 31.0 Å². The molecule has 1 saturated carbocycles. The summed E-state index contributed by atoms with van der Waals surface area (Å²) in [5.74, 6) is 0.784. The molecule has 2 fully saturated rings. The number of hydrogen-bond acceptors (Lipinski definition) is 6. The van der Waals surface area contributed by atoms with Gasteiger partial charge in [-0.15, -0.1) is 5.10 Å². The summed E-state index contributed by atoms with van der Waals surface area (Å²) in [6.45, 7) is 12.0. The molecule has 2 aromatic heterocycles. The highest BCUT2D eigenvalue weighted by Gasteiger charge is 2.35. The topological polar surface area (TPSA) is 82.9 Å². The molecule has 1 N–H and O–H groups in total. The Labute approximate surface area is 223 Å². The van der Waals surface area contributed by atoms with Gasteiger partial charge < -0.3 is 9.88 Å². The molecular weight excluding hydrogens is 474 g/mol. The summed E-state index contributed by atoms with van der Waals surface area (Å²) in [5, 5.41) is 14.2. The number of fused-ring (bicyclic) bond motifs is 1. The Kier molecular flexibility index (Phi) is 6.51. The summed E-state index contributed by atoms with van der Waals surface area (Å²) in [6, 6.07) is 12.8. The van der Waals surface area contributed by atoms with E-state index in [1.807, 2.05) is 10.7 Å². The van der Waals surface area contributed by atoms with E-state index in [9.17, 15) is 4.79 Å². The molecule has 1 aliphatic heterocycles. The molecule has 38 heavy (non-hydrogen) atoms. The number of benzene rings is 2. The second-order valence-electron chi connectivity index (χ2n) is 11.2. The van der Waals surface area contributed by atoms with Gasteiger partial charge in [-0.2, -0.15) is 0 Å². The number of aromatic amines is 1. The van der Waals surface area contributed by atoms with Crippen LogP contribution in [0.3, 0.4) is 0 Å². The van der Waals surface area contributed by atoms with E-state index in [1.54, 1.807) is 0 Å². The van der Waals surface area contributed by atoms with Crippen LogP contribution in [0, 0.1) is 27.7 Å². The molecule has 2 aromatic carbocycles. The molecule has 0 amide bonds. The van der Waals surface area contributed by atoms with E-state index in [0.29, 0.717) is 6.04 Å². The van der Waals surface area contributed by atoms with E-state index in [2.05, 4.69) is 88.3 Å². The minimum atomic E-state index is -0.305. The van der Waals surface area contributed by atoms with Gasteiger partial charge in [0, 0.05) is 48.3 Å². The van der Waals surface area contributed by atoms with Crippen molar-refractivity contribution in [3.05, 3.63) is 80.4 Å². The lowest BCUT2D eigenvalue weighted by Crippen LogP contribution is -2.49. The summed E-state index contributed by atoms with van der Waals surface area (Å²) in [6.07, 6.45) is 4.55. The fourth-order valence-corrected chi connectivity index (χ4v) is 6.48. The van der Waals surface area contributed by atoms with Crippen molar-refractivity contribution in [3.8, 4) is 0 Å². The quantitative estimate of drug-likeness (QED) is 0.415. The zero-order chi connectivity index (χ0) is 26.4. The number of pyridine rings is 1.